The molecule has 2 aromatic carbocycles. The summed E-state index contributed by atoms with van der Waals surface area (Å²) in [6.07, 6.45) is 0. The van der Waals surface area contributed by atoms with Crippen LogP contribution >= 0.6 is 15.9 Å². The number of rotatable bonds is 4. The van der Waals surface area contributed by atoms with E-state index in [9.17, 15) is 9.50 Å². The van der Waals surface area contributed by atoms with Crippen LogP contribution in [0.4, 0.5) is 10.1 Å². The molecule has 2 N–H and O–H groups in total. The summed E-state index contributed by atoms with van der Waals surface area (Å²) in [4.78, 5) is 0. The highest BCUT2D eigenvalue weighted by Gasteiger charge is 2.05. The van der Waals surface area contributed by atoms with Crippen LogP contribution in [0.25, 0.3) is 0 Å². The molecule has 0 fully saturated rings. The topological polar surface area (TPSA) is 41.5 Å². The van der Waals surface area contributed by atoms with Crippen LogP contribution in [0.2, 0.25) is 0 Å². The maximum absolute atomic E-state index is 13.5. The van der Waals surface area contributed by atoms with Gasteiger partial charge in [0.25, 0.3) is 0 Å². The van der Waals surface area contributed by atoms with Gasteiger partial charge in [0.05, 0.1) is 12.8 Å². The van der Waals surface area contributed by atoms with Gasteiger partial charge in [-0.05, 0) is 35.9 Å². The number of anilines is 1. The zero-order valence-corrected chi connectivity index (χ0v) is 11.9. The Kier molecular flexibility index (Phi) is 4.27. The normalized spacial score (nSPS) is 10.3. The number of ether oxygens (including phenoxy) is 1. The fraction of sp³-hybridized carbons (Fsp3) is 0.143. The van der Waals surface area contributed by atoms with E-state index < -0.39 is 0 Å². The van der Waals surface area contributed by atoms with Crippen molar-refractivity contribution >= 4 is 21.6 Å². The molecule has 0 heterocycles. The number of hydrogen-bond donors (Lipinski definition) is 2. The molecule has 0 radical (unpaired) electrons. The summed E-state index contributed by atoms with van der Waals surface area (Å²) in [7, 11) is 1.49. The molecule has 0 aliphatic rings. The summed E-state index contributed by atoms with van der Waals surface area (Å²) in [5, 5.41) is 12.5. The Morgan fingerprint density at radius 3 is 2.79 bits per heavy atom. The number of nitrogens with one attached hydrogen (secondary N) is 1. The average Bonchev–Trinajstić information content (AvgIpc) is 2.41. The van der Waals surface area contributed by atoms with E-state index in [4.69, 9.17) is 4.74 Å². The van der Waals surface area contributed by atoms with Gasteiger partial charge in [0.1, 0.15) is 5.82 Å². The lowest BCUT2D eigenvalue weighted by molar-refractivity contribution is 0.373. The smallest absolute Gasteiger partial charge is 0.160 e. The van der Waals surface area contributed by atoms with E-state index in [0.717, 1.165) is 10.0 Å². The van der Waals surface area contributed by atoms with Crippen molar-refractivity contribution in [1.82, 2.24) is 0 Å². The van der Waals surface area contributed by atoms with E-state index in [2.05, 4.69) is 21.2 Å². The molecule has 2 rings (SSSR count). The SMILES string of the molecule is COc1cc(CNc2cc(Br)ccc2F)ccc1O. The lowest BCUT2D eigenvalue weighted by Gasteiger charge is -2.10. The third-order valence-electron chi connectivity index (χ3n) is 2.66. The molecule has 0 aromatic heterocycles. The molecule has 0 atom stereocenters. The number of methoxy groups -OCH3 is 1. The van der Waals surface area contributed by atoms with E-state index >= 15 is 0 Å². The first-order valence-electron chi connectivity index (χ1n) is 5.65. The predicted molar refractivity (Wildman–Crippen MR) is 76.1 cm³/mol. The number of aromatic hydroxyl groups is 1. The van der Waals surface area contributed by atoms with Gasteiger partial charge in [-0.15, -0.1) is 0 Å². The van der Waals surface area contributed by atoms with Crippen molar-refractivity contribution < 1.29 is 14.2 Å². The van der Waals surface area contributed by atoms with Crippen LogP contribution in [0.5, 0.6) is 11.5 Å². The monoisotopic (exact) mass is 325 g/mol. The van der Waals surface area contributed by atoms with Crippen molar-refractivity contribution in [3.8, 4) is 11.5 Å². The minimum absolute atomic E-state index is 0.0832. The molecule has 0 unspecified atom stereocenters. The molecule has 2 aromatic rings. The molecular formula is C14H13BrFNO2. The summed E-state index contributed by atoms with van der Waals surface area (Å²) < 4.78 is 19.4. The number of hydrogen-bond acceptors (Lipinski definition) is 3. The Balaban J connectivity index is 2.12. The molecule has 100 valence electrons. The van der Waals surface area contributed by atoms with E-state index in [1.165, 1.54) is 13.2 Å². The van der Waals surface area contributed by atoms with Crippen LogP contribution in [-0.2, 0) is 6.54 Å². The van der Waals surface area contributed by atoms with Crippen LogP contribution < -0.4 is 10.1 Å². The largest absolute Gasteiger partial charge is 0.504 e. The minimum Gasteiger partial charge on any atom is -0.504 e. The van der Waals surface area contributed by atoms with Crippen LogP contribution in [0.1, 0.15) is 5.56 Å². The second-order valence-corrected chi connectivity index (χ2v) is 4.90. The van der Waals surface area contributed by atoms with Gasteiger partial charge in [-0.2, -0.15) is 0 Å². The first-order valence-corrected chi connectivity index (χ1v) is 6.44. The Morgan fingerprint density at radius 2 is 2.05 bits per heavy atom. The summed E-state index contributed by atoms with van der Waals surface area (Å²) in [5.74, 6) is 0.169. The molecule has 3 nitrogen and oxygen atoms in total. The highest BCUT2D eigenvalue weighted by atomic mass is 79.9. The lowest BCUT2D eigenvalue weighted by Crippen LogP contribution is -2.01. The molecule has 5 heteroatoms. The van der Waals surface area contributed by atoms with Crippen molar-refractivity contribution in [1.29, 1.82) is 0 Å². The number of benzene rings is 2. The van der Waals surface area contributed by atoms with Crippen molar-refractivity contribution in [3.63, 3.8) is 0 Å². The molecule has 0 aliphatic heterocycles. The second kappa shape index (κ2) is 5.93. The van der Waals surface area contributed by atoms with E-state index in [0.29, 0.717) is 18.0 Å². The van der Waals surface area contributed by atoms with Crippen molar-refractivity contribution in [2.24, 2.45) is 0 Å². The van der Waals surface area contributed by atoms with Crippen LogP contribution in [-0.4, -0.2) is 12.2 Å². The molecule has 0 aliphatic carbocycles. The molecule has 0 saturated heterocycles. The fourth-order valence-electron chi connectivity index (χ4n) is 1.66. The van der Waals surface area contributed by atoms with Crippen molar-refractivity contribution in [3.05, 3.63) is 52.3 Å². The summed E-state index contributed by atoms with van der Waals surface area (Å²) in [5.41, 5.74) is 1.30. The van der Waals surface area contributed by atoms with Gasteiger partial charge in [0.2, 0.25) is 0 Å². The van der Waals surface area contributed by atoms with Gasteiger partial charge in [-0.25, -0.2) is 4.39 Å². The third-order valence-corrected chi connectivity index (χ3v) is 3.15. The number of phenols is 1. The Morgan fingerprint density at radius 1 is 1.26 bits per heavy atom. The Bertz CT molecular complexity index is 590. The number of halogens is 2. The molecule has 0 spiro atoms. The standard InChI is InChI=1S/C14H13BrFNO2/c1-19-14-6-9(2-5-13(14)18)8-17-12-7-10(15)3-4-11(12)16/h2-7,17-18H,8H2,1H3. The minimum atomic E-state index is -0.311. The van der Waals surface area contributed by atoms with Crippen LogP contribution in [0, 0.1) is 5.82 Å². The van der Waals surface area contributed by atoms with Gasteiger partial charge in [0, 0.05) is 11.0 Å². The number of phenolic OH excluding ortho intramolecular Hbond substituents is 1. The maximum atomic E-state index is 13.5. The maximum Gasteiger partial charge on any atom is 0.160 e. The second-order valence-electron chi connectivity index (χ2n) is 3.98. The van der Waals surface area contributed by atoms with Crippen LogP contribution in [0.15, 0.2) is 40.9 Å². The first-order chi connectivity index (χ1) is 9.10. The van der Waals surface area contributed by atoms with E-state index in [-0.39, 0.29) is 11.6 Å². The zero-order chi connectivity index (χ0) is 13.8. The summed E-state index contributed by atoms with van der Waals surface area (Å²) in [6.45, 7) is 0.435. The molecule has 0 bridgehead atoms. The quantitative estimate of drug-likeness (QED) is 0.895. The molecule has 0 amide bonds. The highest BCUT2D eigenvalue weighted by Crippen LogP contribution is 2.27. The van der Waals surface area contributed by atoms with Crippen LogP contribution in [0.3, 0.4) is 0 Å². The van der Waals surface area contributed by atoms with Gasteiger partial charge in [-0.1, -0.05) is 22.0 Å². The van der Waals surface area contributed by atoms with Crippen molar-refractivity contribution in [2.75, 3.05) is 12.4 Å². The Hall–Kier alpha value is -1.75. The fourth-order valence-corrected chi connectivity index (χ4v) is 2.02. The first kappa shape index (κ1) is 13.7. The van der Waals surface area contributed by atoms with Gasteiger partial charge >= 0.3 is 0 Å². The van der Waals surface area contributed by atoms with Crippen molar-refractivity contribution in [2.45, 2.75) is 6.54 Å². The third kappa shape index (κ3) is 3.38. The van der Waals surface area contributed by atoms with E-state index in [1.54, 1.807) is 30.3 Å². The van der Waals surface area contributed by atoms with Gasteiger partial charge in [-0.3, -0.25) is 0 Å². The lowest BCUT2D eigenvalue weighted by atomic mass is 10.2. The summed E-state index contributed by atoms with van der Waals surface area (Å²) >= 11 is 3.30. The highest BCUT2D eigenvalue weighted by molar-refractivity contribution is 9.10. The molecular weight excluding hydrogens is 313 g/mol. The molecule has 0 saturated carbocycles. The average molecular weight is 326 g/mol. The summed E-state index contributed by atoms with van der Waals surface area (Å²) in [6, 6.07) is 9.72. The van der Waals surface area contributed by atoms with E-state index in [1.807, 2.05) is 0 Å². The van der Waals surface area contributed by atoms with Gasteiger partial charge < -0.3 is 15.2 Å². The predicted octanol–water partition coefficient (Wildman–Crippen LogP) is 3.91. The van der Waals surface area contributed by atoms with Gasteiger partial charge in [0.15, 0.2) is 11.5 Å². The molecule has 19 heavy (non-hydrogen) atoms. The Labute approximate surface area is 119 Å². The zero-order valence-electron chi connectivity index (χ0n) is 10.3.